The molecule has 0 saturated carbocycles. The smallest absolute Gasteiger partial charge is 0.216 e. The van der Waals surface area contributed by atoms with Crippen molar-refractivity contribution in [3.8, 4) is 17.4 Å². The maximum absolute atomic E-state index is 5.10. The standard InChI is InChI=1S/C13H16IN5O/c1-4-5-15-13-11(14)8(2)18-12(19-13)9-6-10(20-3)17-7-16-9/h6-7H,4-5H2,1-3H3,(H,15,18,19). The zero-order valence-corrected chi connectivity index (χ0v) is 13.8. The van der Waals surface area contributed by atoms with Gasteiger partial charge in [0.1, 0.15) is 17.8 Å². The highest BCUT2D eigenvalue weighted by atomic mass is 127. The summed E-state index contributed by atoms with van der Waals surface area (Å²) in [5, 5.41) is 3.31. The van der Waals surface area contributed by atoms with Gasteiger partial charge in [0.05, 0.1) is 16.4 Å². The number of rotatable bonds is 5. The van der Waals surface area contributed by atoms with E-state index in [9.17, 15) is 0 Å². The first-order chi connectivity index (χ1) is 9.65. The molecule has 0 fully saturated rings. The zero-order valence-electron chi connectivity index (χ0n) is 11.6. The zero-order chi connectivity index (χ0) is 14.5. The topological polar surface area (TPSA) is 72.8 Å². The molecule has 2 aromatic rings. The second kappa shape index (κ2) is 6.78. The molecule has 106 valence electrons. The number of aryl methyl sites for hydroxylation is 1. The Morgan fingerprint density at radius 1 is 1.30 bits per heavy atom. The van der Waals surface area contributed by atoms with Crippen molar-refractivity contribution >= 4 is 28.4 Å². The molecule has 0 bridgehead atoms. The maximum atomic E-state index is 5.10. The molecule has 2 aromatic heterocycles. The Kier molecular flexibility index (Phi) is 5.05. The summed E-state index contributed by atoms with van der Waals surface area (Å²) in [7, 11) is 1.57. The number of nitrogens with zero attached hydrogens (tertiary/aromatic N) is 4. The van der Waals surface area contributed by atoms with Crippen LogP contribution in [-0.2, 0) is 0 Å². The van der Waals surface area contributed by atoms with Crippen molar-refractivity contribution < 1.29 is 4.74 Å². The first-order valence-corrected chi connectivity index (χ1v) is 7.38. The number of ether oxygens (including phenoxy) is 1. The van der Waals surface area contributed by atoms with Crippen molar-refractivity contribution in [2.45, 2.75) is 20.3 Å². The van der Waals surface area contributed by atoms with E-state index in [-0.39, 0.29) is 0 Å². The lowest BCUT2D eigenvalue weighted by atomic mass is 10.3. The van der Waals surface area contributed by atoms with Gasteiger partial charge in [-0.15, -0.1) is 0 Å². The average molecular weight is 385 g/mol. The minimum Gasteiger partial charge on any atom is -0.481 e. The highest BCUT2D eigenvalue weighted by Gasteiger charge is 2.12. The normalized spacial score (nSPS) is 10.4. The van der Waals surface area contributed by atoms with Gasteiger partial charge in [0.15, 0.2) is 5.82 Å². The van der Waals surface area contributed by atoms with Gasteiger partial charge in [-0.05, 0) is 35.9 Å². The number of halogens is 1. The van der Waals surface area contributed by atoms with Gasteiger partial charge in [0.2, 0.25) is 5.88 Å². The van der Waals surface area contributed by atoms with Gasteiger partial charge in [0, 0.05) is 12.6 Å². The predicted octanol–water partition coefficient (Wildman–Crippen LogP) is 2.68. The molecule has 1 N–H and O–H groups in total. The van der Waals surface area contributed by atoms with Crippen LogP contribution in [0.25, 0.3) is 11.5 Å². The fourth-order valence-corrected chi connectivity index (χ4v) is 2.04. The molecule has 0 atom stereocenters. The number of hydrogen-bond donors (Lipinski definition) is 1. The van der Waals surface area contributed by atoms with Crippen LogP contribution in [0, 0.1) is 10.5 Å². The third-order valence-corrected chi connectivity index (χ3v) is 3.93. The van der Waals surface area contributed by atoms with Crippen LogP contribution in [-0.4, -0.2) is 33.6 Å². The molecule has 0 aliphatic rings. The van der Waals surface area contributed by atoms with Crippen molar-refractivity contribution in [2.75, 3.05) is 19.0 Å². The number of anilines is 1. The second-order valence-electron chi connectivity index (χ2n) is 4.17. The van der Waals surface area contributed by atoms with E-state index >= 15 is 0 Å². The Morgan fingerprint density at radius 3 is 2.80 bits per heavy atom. The van der Waals surface area contributed by atoms with E-state index in [0.717, 1.165) is 28.0 Å². The van der Waals surface area contributed by atoms with Crippen LogP contribution in [0.1, 0.15) is 19.0 Å². The summed E-state index contributed by atoms with van der Waals surface area (Å²) in [6.45, 7) is 4.95. The summed E-state index contributed by atoms with van der Waals surface area (Å²) in [6, 6.07) is 1.73. The molecular formula is C13H16IN5O. The molecule has 0 amide bonds. The molecule has 20 heavy (non-hydrogen) atoms. The van der Waals surface area contributed by atoms with E-state index in [1.54, 1.807) is 13.2 Å². The van der Waals surface area contributed by atoms with Gasteiger partial charge in [0.25, 0.3) is 0 Å². The summed E-state index contributed by atoms with van der Waals surface area (Å²) < 4.78 is 6.13. The Morgan fingerprint density at radius 2 is 2.10 bits per heavy atom. The first-order valence-electron chi connectivity index (χ1n) is 6.30. The van der Waals surface area contributed by atoms with Gasteiger partial charge in [-0.3, -0.25) is 0 Å². The molecule has 0 unspecified atom stereocenters. The third-order valence-electron chi connectivity index (χ3n) is 2.64. The Labute approximate surface area is 131 Å². The maximum Gasteiger partial charge on any atom is 0.216 e. The first kappa shape index (κ1) is 14.9. The molecule has 0 spiro atoms. The minimum absolute atomic E-state index is 0.498. The molecule has 2 heterocycles. The second-order valence-corrected chi connectivity index (χ2v) is 5.25. The monoisotopic (exact) mass is 385 g/mol. The molecule has 0 aliphatic heterocycles. The van der Waals surface area contributed by atoms with Crippen LogP contribution in [0.4, 0.5) is 5.82 Å². The molecule has 0 aromatic carbocycles. The van der Waals surface area contributed by atoms with Crippen molar-refractivity contribution in [3.63, 3.8) is 0 Å². The van der Waals surface area contributed by atoms with Crippen molar-refractivity contribution in [1.82, 2.24) is 19.9 Å². The van der Waals surface area contributed by atoms with E-state index < -0.39 is 0 Å². The fraction of sp³-hybridized carbons (Fsp3) is 0.385. The molecule has 0 radical (unpaired) electrons. The number of aromatic nitrogens is 4. The van der Waals surface area contributed by atoms with E-state index in [4.69, 9.17) is 4.74 Å². The molecule has 0 saturated heterocycles. The van der Waals surface area contributed by atoms with Crippen LogP contribution in [0.2, 0.25) is 0 Å². The van der Waals surface area contributed by atoms with Gasteiger partial charge in [-0.2, -0.15) is 0 Å². The largest absolute Gasteiger partial charge is 0.481 e. The fourth-order valence-electron chi connectivity index (χ4n) is 1.61. The lowest BCUT2D eigenvalue weighted by Crippen LogP contribution is -2.08. The molecule has 6 nitrogen and oxygen atoms in total. The van der Waals surface area contributed by atoms with Gasteiger partial charge in [-0.1, -0.05) is 6.92 Å². The number of hydrogen-bond acceptors (Lipinski definition) is 6. The van der Waals surface area contributed by atoms with Crippen LogP contribution in [0.15, 0.2) is 12.4 Å². The summed E-state index contributed by atoms with van der Waals surface area (Å²) in [6.07, 6.45) is 2.49. The minimum atomic E-state index is 0.498. The van der Waals surface area contributed by atoms with E-state index in [2.05, 4.69) is 54.8 Å². The van der Waals surface area contributed by atoms with Crippen LogP contribution < -0.4 is 10.1 Å². The summed E-state index contributed by atoms with van der Waals surface area (Å²) in [4.78, 5) is 17.2. The third kappa shape index (κ3) is 3.33. The van der Waals surface area contributed by atoms with Gasteiger partial charge in [-0.25, -0.2) is 19.9 Å². The quantitative estimate of drug-likeness (QED) is 0.798. The van der Waals surface area contributed by atoms with Crippen molar-refractivity contribution in [1.29, 1.82) is 0 Å². The lowest BCUT2D eigenvalue weighted by molar-refractivity contribution is 0.397. The Hall–Kier alpha value is -1.51. The van der Waals surface area contributed by atoms with Gasteiger partial charge < -0.3 is 10.1 Å². The predicted molar refractivity (Wildman–Crippen MR) is 85.8 cm³/mol. The van der Waals surface area contributed by atoms with E-state index in [1.165, 1.54) is 6.33 Å². The van der Waals surface area contributed by atoms with Crippen LogP contribution >= 0.6 is 22.6 Å². The highest BCUT2D eigenvalue weighted by Crippen LogP contribution is 2.23. The van der Waals surface area contributed by atoms with Crippen molar-refractivity contribution in [3.05, 3.63) is 21.7 Å². The average Bonchev–Trinajstić information content (AvgIpc) is 2.48. The van der Waals surface area contributed by atoms with Crippen molar-refractivity contribution in [2.24, 2.45) is 0 Å². The van der Waals surface area contributed by atoms with Crippen LogP contribution in [0.5, 0.6) is 5.88 Å². The number of nitrogens with one attached hydrogen (secondary N) is 1. The summed E-state index contributed by atoms with van der Waals surface area (Å²) in [5.74, 6) is 1.91. The van der Waals surface area contributed by atoms with E-state index in [1.807, 2.05) is 6.92 Å². The SMILES string of the molecule is CCCNc1nc(-c2cc(OC)ncn2)nc(C)c1I. The number of methoxy groups -OCH3 is 1. The highest BCUT2D eigenvalue weighted by molar-refractivity contribution is 14.1. The summed E-state index contributed by atoms with van der Waals surface area (Å²) >= 11 is 2.25. The molecule has 2 rings (SSSR count). The lowest BCUT2D eigenvalue weighted by Gasteiger charge is -2.10. The molecule has 0 aliphatic carbocycles. The Bertz CT molecular complexity index is 605. The van der Waals surface area contributed by atoms with E-state index in [0.29, 0.717) is 17.4 Å². The Balaban J connectivity index is 2.43. The summed E-state index contributed by atoms with van der Waals surface area (Å²) in [5.41, 5.74) is 1.57. The van der Waals surface area contributed by atoms with Crippen LogP contribution in [0.3, 0.4) is 0 Å². The molecule has 7 heteroatoms. The molecular weight excluding hydrogens is 369 g/mol. The van der Waals surface area contributed by atoms with Gasteiger partial charge >= 0.3 is 0 Å².